The predicted octanol–water partition coefficient (Wildman–Crippen LogP) is 2.81. The normalized spacial score (nSPS) is 22.3. The highest BCUT2D eigenvalue weighted by Crippen LogP contribution is 2.38. The number of halogens is 1. The highest BCUT2D eigenvalue weighted by molar-refractivity contribution is 6.31. The Morgan fingerprint density at radius 1 is 1.62 bits per heavy atom. The molecule has 1 aliphatic carbocycles. The Hall–Kier alpha value is -1.53. The molecule has 0 unspecified atom stereocenters. The van der Waals surface area contributed by atoms with Gasteiger partial charge in [-0.2, -0.15) is 5.26 Å². The fourth-order valence-electron chi connectivity index (χ4n) is 1.63. The molecule has 2 atom stereocenters. The first-order valence-electron chi connectivity index (χ1n) is 5.12. The second-order valence-electron chi connectivity index (χ2n) is 4.11. The minimum Gasteiger partial charge on any atom is -0.325 e. The average molecular weight is 235 g/mol. The van der Waals surface area contributed by atoms with E-state index in [0.29, 0.717) is 22.2 Å². The molecule has 82 valence electrons. The maximum absolute atomic E-state index is 11.7. The zero-order valence-electron chi connectivity index (χ0n) is 8.83. The molecule has 0 bridgehead atoms. The van der Waals surface area contributed by atoms with Gasteiger partial charge in [-0.05, 0) is 30.5 Å². The van der Waals surface area contributed by atoms with Crippen molar-refractivity contribution in [2.45, 2.75) is 13.3 Å². The van der Waals surface area contributed by atoms with Gasteiger partial charge in [0.1, 0.15) is 6.07 Å². The van der Waals surface area contributed by atoms with E-state index in [4.69, 9.17) is 16.9 Å². The van der Waals surface area contributed by atoms with Gasteiger partial charge < -0.3 is 5.32 Å². The molecule has 1 aromatic carbocycles. The summed E-state index contributed by atoms with van der Waals surface area (Å²) in [6, 6.07) is 6.87. The van der Waals surface area contributed by atoms with Gasteiger partial charge in [-0.1, -0.05) is 18.5 Å². The quantitative estimate of drug-likeness (QED) is 0.856. The Kier molecular flexibility index (Phi) is 2.84. The third-order valence-corrected chi connectivity index (χ3v) is 3.04. The third-order valence-electron chi connectivity index (χ3n) is 2.81. The number of nitrogens with zero attached hydrogens (tertiary/aromatic N) is 1. The summed E-state index contributed by atoms with van der Waals surface area (Å²) in [5, 5.41) is 12.1. The van der Waals surface area contributed by atoms with Gasteiger partial charge in [0, 0.05) is 10.9 Å². The van der Waals surface area contributed by atoms with Gasteiger partial charge in [-0.3, -0.25) is 4.79 Å². The predicted molar refractivity (Wildman–Crippen MR) is 62.1 cm³/mol. The lowest BCUT2D eigenvalue weighted by Gasteiger charge is -2.06. The van der Waals surface area contributed by atoms with E-state index in [-0.39, 0.29) is 11.8 Å². The van der Waals surface area contributed by atoms with Crippen LogP contribution in [0.5, 0.6) is 0 Å². The number of rotatable bonds is 2. The standard InChI is InChI=1S/C12H11ClN2O/c1-7-4-10(7)12(16)15-11-5-9(13)3-2-8(11)6-14/h2-3,5,7,10H,4H2,1H3,(H,15,16)/t7-,10+/m1/s1. The summed E-state index contributed by atoms with van der Waals surface area (Å²) in [6.07, 6.45) is 0.925. The van der Waals surface area contributed by atoms with Crippen molar-refractivity contribution in [1.29, 1.82) is 5.26 Å². The van der Waals surface area contributed by atoms with Crippen molar-refractivity contribution in [2.75, 3.05) is 5.32 Å². The summed E-state index contributed by atoms with van der Waals surface area (Å²) in [6.45, 7) is 2.04. The Morgan fingerprint density at radius 2 is 2.31 bits per heavy atom. The van der Waals surface area contributed by atoms with E-state index in [2.05, 4.69) is 5.32 Å². The maximum Gasteiger partial charge on any atom is 0.227 e. The molecule has 0 spiro atoms. The first-order valence-corrected chi connectivity index (χ1v) is 5.50. The van der Waals surface area contributed by atoms with Crippen LogP contribution in [0.3, 0.4) is 0 Å². The van der Waals surface area contributed by atoms with Gasteiger partial charge in [-0.15, -0.1) is 0 Å². The van der Waals surface area contributed by atoms with Crippen molar-refractivity contribution in [3.8, 4) is 6.07 Å². The molecular weight excluding hydrogens is 224 g/mol. The van der Waals surface area contributed by atoms with Crippen LogP contribution < -0.4 is 5.32 Å². The highest BCUT2D eigenvalue weighted by Gasteiger charge is 2.39. The molecule has 0 saturated heterocycles. The lowest BCUT2D eigenvalue weighted by Crippen LogP contribution is -2.15. The summed E-state index contributed by atoms with van der Waals surface area (Å²) in [4.78, 5) is 11.7. The van der Waals surface area contributed by atoms with Crippen molar-refractivity contribution in [3.63, 3.8) is 0 Å². The Bertz CT molecular complexity index is 478. The van der Waals surface area contributed by atoms with E-state index in [1.165, 1.54) is 0 Å². The monoisotopic (exact) mass is 234 g/mol. The molecule has 1 aromatic rings. The van der Waals surface area contributed by atoms with Gasteiger partial charge >= 0.3 is 0 Å². The van der Waals surface area contributed by atoms with Crippen LogP contribution in [-0.2, 0) is 4.79 Å². The van der Waals surface area contributed by atoms with Crippen molar-refractivity contribution < 1.29 is 4.79 Å². The third kappa shape index (κ3) is 2.17. The largest absolute Gasteiger partial charge is 0.325 e. The Balaban J connectivity index is 2.17. The van der Waals surface area contributed by atoms with E-state index in [1.807, 2.05) is 13.0 Å². The first-order chi connectivity index (χ1) is 7.61. The van der Waals surface area contributed by atoms with Crippen LogP contribution >= 0.6 is 11.6 Å². The average Bonchev–Trinajstić information content (AvgIpc) is 2.96. The molecule has 1 fully saturated rings. The van der Waals surface area contributed by atoms with E-state index < -0.39 is 0 Å². The second kappa shape index (κ2) is 4.15. The van der Waals surface area contributed by atoms with E-state index in [9.17, 15) is 4.79 Å². The molecule has 1 aliphatic rings. The fraction of sp³-hybridized carbons (Fsp3) is 0.333. The number of nitrogens with one attached hydrogen (secondary N) is 1. The minimum absolute atomic E-state index is 0.0220. The van der Waals surface area contributed by atoms with Crippen molar-refractivity contribution in [1.82, 2.24) is 0 Å². The molecule has 0 heterocycles. The lowest BCUT2D eigenvalue weighted by molar-refractivity contribution is -0.117. The molecule has 2 rings (SSSR count). The molecule has 0 aliphatic heterocycles. The number of amides is 1. The number of hydrogen-bond acceptors (Lipinski definition) is 2. The van der Waals surface area contributed by atoms with Crippen molar-refractivity contribution >= 4 is 23.2 Å². The zero-order valence-corrected chi connectivity index (χ0v) is 9.58. The van der Waals surface area contributed by atoms with Crippen molar-refractivity contribution in [2.24, 2.45) is 11.8 Å². The number of carbonyl (C=O) groups is 1. The first kappa shape index (κ1) is 11.0. The van der Waals surface area contributed by atoms with Crippen LogP contribution in [0.25, 0.3) is 0 Å². The Labute approximate surface area is 99.0 Å². The summed E-state index contributed by atoms with van der Waals surface area (Å²) >= 11 is 5.82. The van der Waals surface area contributed by atoms with Gasteiger partial charge in [0.05, 0.1) is 11.3 Å². The lowest BCUT2D eigenvalue weighted by atomic mass is 10.2. The summed E-state index contributed by atoms with van der Waals surface area (Å²) in [7, 11) is 0. The SMILES string of the molecule is C[C@@H]1C[C@@H]1C(=O)Nc1cc(Cl)ccc1C#N. The van der Waals surface area contributed by atoms with Crippen molar-refractivity contribution in [3.05, 3.63) is 28.8 Å². The fourth-order valence-corrected chi connectivity index (χ4v) is 1.80. The number of benzene rings is 1. The second-order valence-corrected chi connectivity index (χ2v) is 4.55. The minimum atomic E-state index is -0.0220. The van der Waals surface area contributed by atoms with Gasteiger partial charge in [0.2, 0.25) is 5.91 Å². The number of nitriles is 1. The number of hydrogen-bond donors (Lipinski definition) is 1. The van der Waals surface area contributed by atoms with E-state index in [0.717, 1.165) is 6.42 Å². The van der Waals surface area contributed by atoms with Gasteiger partial charge in [0.25, 0.3) is 0 Å². The Morgan fingerprint density at radius 3 is 2.88 bits per heavy atom. The van der Waals surface area contributed by atoms with Gasteiger partial charge in [0.15, 0.2) is 0 Å². The molecule has 4 heteroatoms. The molecule has 1 amide bonds. The van der Waals surface area contributed by atoms with Crippen LogP contribution in [0, 0.1) is 23.2 Å². The summed E-state index contributed by atoms with van der Waals surface area (Å²) < 4.78 is 0. The van der Waals surface area contributed by atoms with E-state index >= 15 is 0 Å². The molecule has 3 nitrogen and oxygen atoms in total. The van der Waals surface area contributed by atoms with Crippen LogP contribution in [0.2, 0.25) is 5.02 Å². The molecule has 0 aromatic heterocycles. The van der Waals surface area contributed by atoms with Gasteiger partial charge in [-0.25, -0.2) is 0 Å². The smallest absolute Gasteiger partial charge is 0.227 e. The topological polar surface area (TPSA) is 52.9 Å². The molecule has 1 N–H and O–H groups in total. The number of anilines is 1. The number of carbonyl (C=O) groups excluding carboxylic acids is 1. The summed E-state index contributed by atoms with van der Waals surface area (Å²) in [5.74, 6) is 0.515. The maximum atomic E-state index is 11.7. The van der Waals surface area contributed by atoms with Crippen LogP contribution in [0.4, 0.5) is 5.69 Å². The zero-order chi connectivity index (χ0) is 11.7. The molecule has 0 radical (unpaired) electrons. The molecule has 1 saturated carbocycles. The molecular formula is C12H11ClN2O. The van der Waals surface area contributed by atoms with Crippen LogP contribution in [0.15, 0.2) is 18.2 Å². The highest BCUT2D eigenvalue weighted by atomic mass is 35.5. The van der Waals surface area contributed by atoms with Crippen LogP contribution in [-0.4, -0.2) is 5.91 Å². The molecule has 16 heavy (non-hydrogen) atoms. The van der Waals surface area contributed by atoms with Crippen LogP contribution in [0.1, 0.15) is 18.9 Å². The van der Waals surface area contributed by atoms with E-state index in [1.54, 1.807) is 18.2 Å². The summed E-state index contributed by atoms with van der Waals surface area (Å²) in [5.41, 5.74) is 0.935.